The van der Waals surface area contributed by atoms with Crippen LogP contribution in [0.5, 0.6) is 11.6 Å². The Hall–Kier alpha value is -3.97. The van der Waals surface area contributed by atoms with Gasteiger partial charge in [0, 0.05) is 18.7 Å². The SMILES string of the molecule is CCc1nn(-c2ccc(F)cc2)c(Oc2ccccc2)c1CN(C[C@H]1CCCO1)C(=O)c1ccc(C)cc1. The number of carbonyl (C=O) groups excluding carboxylic acids is 1. The van der Waals surface area contributed by atoms with Crippen LogP contribution in [0.2, 0.25) is 0 Å². The van der Waals surface area contributed by atoms with E-state index in [-0.39, 0.29) is 17.8 Å². The van der Waals surface area contributed by atoms with Gasteiger partial charge < -0.3 is 14.4 Å². The first-order valence-electron chi connectivity index (χ1n) is 13.1. The number of aryl methyl sites for hydroxylation is 2. The number of halogens is 1. The standard InChI is InChI=1S/C31H32FN3O3/c1-3-29-28(21-34(20-27-10-7-19-37-27)30(36)23-13-11-22(2)12-14-23)31(38-26-8-5-4-6-9-26)35(33-29)25-17-15-24(32)16-18-25/h4-6,8-9,11-18,27H,3,7,10,19-21H2,1-2H3/t27-/m1/s1. The van der Waals surface area contributed by atoms with Crippen LogP contribution in [0.4, 0.5) is 4.39 Å². The minimum absolute atomic E-state index is 0.0138. The maximum atomic E-state index is 13.8. The number of nitrogens with zero attached hydrogens (tertiary/aromatic N) is 3. The Bertz CT molecular complexity index is 1360. The average molecular weight is 514 g/mol. The maximum Gasteiger partial charge on any atom is 0.254 e. The first kappa shape index (κ1) is 25.7. The van der Waals surface area contributed by atoms with Crippen molar-refractivity contribution in [3.05, 3.63) is 107 Å². The van der Waals surface area contributed by atoms with Crippen LogP contribution >= 0.6 is 0 Å². The van der Waals surface area contributed by atoms with Gasteiger partial charge in [0.15, 0.2) is 0 Å². The number of benzene rings is 3. The van der Waals surface area contributed by atoms with Gasteiger partial charge in [-0.3, -0.25) is 4.79 Å². The highest BCUT2D eigenvalue weighted by Gasteiger charge is 2.28. The predicted octanol–water partition coefficient (Wildman–Crippen LogP) is 6.50. The number of carbonyl (C=O) groups is 1. The van der Waals surface area contributed by atoms with Crippen LogP contribution in [0, 0.1) is 12.7 Å². The summed E-state index contributed by atoms with van der Waals surface area (Å²) in [5, 5.41) is 4.85. The molecular weight excluding hydrogens is 481 g/mol. The number of aromatic nitrogens is 2. The van der Waals surface area contributed by atoms with Gasteiger partial charge in [0.1, 0.15) is 11.6 Å². The van der Waals surface area contributed by atoms with Gasteiger partial charge >= 0.3 is 0 Å². The van der Waals surface area contributed by atoms with Crippen LogP contribution < -0.4 is 4.74 Å². The summed E-state index contributed by atoms with van der Waals surface area (Å²) in [6.45, 7) is 5.52. The molecule has 1 atom stereocenters. The minimum atomic E-state index is -0.325. The lowest BCUT2D eigenvalue weighted by atomic mass is 10.1. The van der Waals surface area contributed by atoms with Crippen LogP contribution in [0.1, 0.15) is 46.9 Å². The summed E-state index contributed by atoms with van der Waals surface area (Å²) in [5.41, 5.74) is 4.03. The zero-order valence-electron chi connectivity index (χ0n) is 21.8. The fourth-order valence-corrected chi connectivity index (χ4v) is 4.71. The fraction of sp³-hybridized carbons (Fsp3) is 0.290. The van der Waals surface area contributed by atoms with Crippen molar-refractivity contribution in [1.82, 2.24) is 14.7 Å². The van der Waals surface area contributed by atoms with Crippen molar-refractivity contribution in [2.45, 2.75) is 45.8 Å². The molecule has 0 aliphatic carbocycles. The predicted molar refractivity (Wildman–Crippen MR) is 144 cm³/mol. The number of para-hydroxylation sites is 1. The average Bonchev–Trinajstić information content (AvgIpc) is 3.57. The lowest BCUT2D eigenvalue weighted by Crippen LogP contribution is -2.37. The summed E-state index contributed by atoms with van der Waals surface area (Å²) in [5.74, 6) is 0.764. The van der Waals surface area contributed by atoms with Crippen LogP contribution in [-0.2, 0) is 17.7 Å². The summed E-state index contributed by atoms with van der Waals surface area (Å²) >= 11 is 0. The van der Waals surface area contributed by atoms with Crippen LogP contribution in [0.3, 0.4) is 0 Å². The number of rotatable bonds is 9. The second-order valence-electron chi connectivity index (χ2n) is 9.57. The van der Waals surface area contributed by atoms with Crippen molar-refractivity contribution in [2.75, 3.05) is 13.2 Å². The Morgan fingerprint density at radius 1 is 1.08 bits per heavy atom. The monoisotopic (exact) mass is 513 g/mol. The molecule has 196 valence electrons. The van der Waals surface area contributed by atoms with Gasteiger partial charge in [-0.05, 0) is 74.7 Å². The molecule has 1 saturated heterocycles. The number of ether oxygens (including phenoxy) is 2. The van der Waals surface area contributed by atoms with Crippen molar-refractivity contribution >= 4 is 5.91 Å². The molecule has 1 aliphatic rings. The number of hydrogen-bond donors (Lipinski definition) is 0. The molecule has 4 aromatic rings. The zero-order valence-corrected chi connectivity index (χ0v) is 21.8. The number of amides is 1. The van der Waals surface area contributed by atoms with Crippen LogP contribution in [0.15, 0.2) is 78.9 Å². The Kier molecular flexibility index (Phi) is 7.84. The van der Waals surface area contributed by atoms with E-state index < -0.39 is 0 Å². The highest BCUT2D eigenvalue weighted by Crippen LogP contribution is 2.33. The third-order valence-corrected chi connectivity index (χ3v) is 6.77. The molecule has 2 heterocycles. The van der Waals surface area contributed by atoms with Crippen LogP contribution in [0.25, 0.3) is 5.69 Å². The second-order valence-corrected chi connectivity index (χ2v) is 9.57. The van der Waals surface area contributed by atoms with Gasteiger partial charge in [0.2, 0.25) is 5.88 Å². The summed E-state index contributed by atoms with van der Waals surface area (Å²) in [6.07, 6.45) is 2.53. The third kappa shape index (κ3) is 5.78. The highest BCUT2D eigenvalue weighted by molar-refractivity contribution is 5.94. The van der Waals surface area contributed by atoms with Crippen molar-refractivity contribution in [3.8, 4) is 17.3 Å². The van der Waals surface area contributed by atoms with Gasteiger partial charge in [-0.2, -0.15) is 5.10 Å². The van der Waals surface area contributed by atoms with Gasteiger partial charge in [-0.25, -0.2) is 9.07 Å². The first-order valence-corrected chi connectivity index (χ1v) is 13.1. The molecule has 1 amide bonds. The van der Waals surface area contributed by atoms with E-state index in [2.05, 4.69) is 0 Å². The summed E-state index contributed by atoms with van der Waals surface area (Å²) < 4.78 is 27.8. The first-order chi connectivity index (χ1) is 18.5. The summed E-state index contributed by atoms with van der Waals surface area (Å²) in [4.78, 5) is 15.6. The minimum Gasteiger partial charge on any atom is -0.439 e. The van der Waals surface area contributed by atoms with E-state index in [1.54, 1.807) is 16.8 Å². The zero-order chi connectivity index (χ0) is 26.5. The highest BCUT2D eigenvalue weighted by atomic mass is 19.1. The van der Waals surface area contributed by atoms with E-state index in [4.69, 9.17) is 14.6 Å². The second kappa shape index (κ2) is 11.6. The molecule has 38 heavy (non-hydrogen) atoms. The molecule has 0 bridgehead atoms. The van der Waals surface area contributed by atoms with Crippen LogP contribution in [-0.4, -0.2) is 39.8 Å². The Morgan fingerprint density at radius 3 is 2.47 bits per heavy atom. The van der Waals surface area contributed by atoms with Gasteiger partial charge in [-0.15, -0.1) is 0 Å². The normalized spacial score (nSPS) is 15.0. The molecule has 1 fully saturated rings. The molecule has 6 nitrogen and oxygen atoms in total. The van der Waals surface area contributed by atoms with Gasteiger partial charge in [0.05, 0.1) is 29.6 Å². The lowest BCUT2D eigenvalue weighted by molar-refractivity contribution is 0.0505. The Labute approximate surface area is 222 Å². The smallest absolute Gasteiger partial charge is 0.254 e. The summed E-state index contributed by atoms with van der Waals surface area (Å²) in [6, 6.07) is 23.3. The van der Waals surface area contributed by atoms with E-state index in [0.29, 0.717) is 49.0 Å². The van der Waals surface area contributed by atoms with Gasteiger partial charge in [0.25, 0.3) is 5.91 Å². The molecule has 5 rings (SSSR count). The molecule has 1 aliphatic heterocycles. The van der Waals surface area contributed by atoms with Crippen molar-refractivity contribution in [1.29, 1.82) is 0 Å². The molecular formula is C31H32FN3O3. The van der Waals surface area contributed by atoms with Crippen molar-refractivity contribution in [2.24, 2.45) is 0 Å². The molecule has 3 aromatic carbocycles. The topological polar surface area (TPSA) is 56.6 Å². The molecule has 0 spiro atoms. The van der Waals surface area contributed by atoms with E-state index in [9.17, 15) is 9.18 Å². The molecule has 0 saturated carbocycles. The third-order valence-electron chi connectivity index (χ3n) is 6.77. The van der Waals surface area contributed by atoms with E-state index in [0.717, 1.165) is 29.7 Å². The summed E-state index contributed by atoms with van der Waals surface area (Å²) in [7, 11) is 0. The largest absolute Gasteiger partial charge is 0.439 e. The molecule has 0 N–H and O–H groups in total. The van der Waals surface area contributed by atoms with Gasteiger partial charge in [-0.1, -0.05) is 42.8 Å². The lowest BCUT2D eigenvalue weighted by Gasteiger charge is -2.26. The van der Waals surface area contributed by atoms with E-state index in [1.807, 2.05) is 73.3 Å². The molecule has 0 radical (unpaired) electrons. The quantitative estimate of drug-likeness (QED) is 0.257. The van der Waals surface area contributed by atoms with E-state index in [1.165, 1.54) is 12.1 Å². The van der Waals surface area contributed by atoms with Crippen molar-refractivity contribution < 1.29 is 18.7 Å². The molecule has 7 heteroatoms. The molecule has 0 unspecified atom stereocenters. The van der Waals surface area contributed by atoms with E-state index >= 15 is 0 Å². The Balaban J connectivity index is 1.57. The Morgan fingerprint density at radius 2 is 1.82 bits per heavy atom. The van der Waals surface area contributed by atoms with Crippen molar-refractivity contribution in [3.63, 3.8) is 0 Å². The fourth-order valence-electron chi connectivity index (χ4n) is 4.71. The number of hydrogen-bond acceptors (Lipinski definition) is 4. The molecule has 1 aromatic heterocycles. The maximum absolute atomic E-state index is 13.8.